The molecule has 0 fully saturated rings. The van der Waals surface area contributed by atoms with E-state index in [1.54, 1.807) is 20.8 Å². The second-order valence-electron chi connectivity index (χ2n) is 13.5. The Bertz CT molecular complexity index is 1990. The van der Waals surface area contributed by atoms with E-state index in [1.165, 1.54) is 12.1 Å². The highest BCUT2D eigenvalue weighted by Gasteiger charge is 2.49. The average molecular weight is 822 g/mol. The summed E-state index contributed by atoms with van der Waals surface area (Å²) in [4.78, 5) is 37.3. The molecule has 13 nitrogen and oxygen atoms in total. The minimum atomic E-state index is -5.04. The van der Waals surface area contributed by atoms with Crippen LogP contribution in [-0.4, -0.2) is 69.5 Å². The van der Waals surface area contributed by atoms with Gasteiger partial charge in [-0.1, -0.05) is 23.2 Å². The summed E-state index contributed by atoms with van der Waals surface area (Å²) in [7, 11) is -4.15. The van der Waals surface area contributed by atoms with Crippen molar-refractivity contribution in [2.45, 2.75) is 102 Å². The minimum absolute atomic E-state index is 0.000761. The number of fused-ring (bicyclic) bond motifs is 2. The van der Waals surface area contributed by atoms with Gasteiger partial charge in [-0.25, -0.2) is 22.7 Å². The van der Waals surface area contributed by atoms with Crippen LogP contribution in [0, 0.1) is 26.2 Å². The summed E-state index contributed by atoms with van der Waals surface area (Å²) >= 11 is 11.9. The number of carbonyl (C=O) groups is 3. The monoisotopic (exact) mass is 820 g/mol. The molecule has 0 saturated heterocycles. The van der Waals surface area contributed by atoms with Gasteiger partial charge in [0.25, 0.3) is 10.0 Å². The number of hydrogen-bond donors (Lipinski definition) is 4. The van der Waals surface area contributed by atoms with Gasteiger partial charge < -0.3 is 29.6 Å². The molecule has 0 aromatic heterocycles. The minimum Gasteiger partial charge on any atom is -0.487 e. The van der Waals surface area contributed by atoms with E-state index in [0.29, 0.717) is 41.7 Å². The van der Waals surface area contributed by atoms with Gasteiger partial charge in [0.1, 0.15) is 23.1 Å². The van der Waals surface area contributed by atoms with Crippen LogP contribution in [0.4, 0.5) is 13.2 Å². The second kappa shape index (κ2) is 16.7. The van der Waals surface area contributed by atoms with Gasteiger partial charge in [0.05, 0.1) is 15.5 Å². The second-order valence-corrected chi connectivity index (χ2v) is 16.0. The number of ether oxygens (including phenoxy) is 4. The van der Waals surface area contributed by atoms with Crippen LogP contribution >= 0.6 is 23.2 Å². The Morgan fingerprint density at radius 2 is 1.74 bits per heavy atom. The number of rotatable bonds is 12. The van der Waals surface area contributed by atoms with Crippen LogP contribution < -0.4 is 24.8 Å². The van der Waals surface area contributed by atoms with E-state index in [0.717, 1.165) is 18.6 Å². The highest BCUT2D eigenvalue weighted by atomic mass is 35.5. The molecule has 2 aromatic rings. The maximum Gasteiger partial charge on any atom is 0.430 e. The van der Waals surface area contributed by atoms with Crippen molar-refractivity contribution in [3.63, 3.8) is 0 Å². The first-order valence-corrected chi connectivity index (χ1v) is 19.0. The number of halogens is 5. The van der Waals surface area contributed by atoms with Crippen molar-refractivity contribution in [2.75, 3.05) is 13.3 Å². The molecule has 4 N–H and O–H groups in total. The van der Waals surface area contributed by atoms with Gasteiger partial charge >= 0.3 is 18.1 Å². The van der Waals surface area contributed by atoms with Crippen molar-refractivity contribution in [3.8, 4) is 11.5 Å². The predicted molar refractivity (Wildman–Crippen MR) is 193 cm³/mol. The Hall–Kier alpha value is -4.22. The summed E-state index contributed by atoms with van der Waals surface area (Å²) in [5.41, 5.74) is 1.28. The standard InChI is InChI=1S/C35H41Cl2F3N4O9S/c1-17-18(2)29(19(3)23-10-11-34(5,6)53-27(17)23)54(48,49)44-33(41)42-12-8-7-9-26(43-20(4)45)32(47)51-16-50-31(46)24-14-21-13-22(36)15-25(37)28(21)52-30(24)35(38,39)40/h13-15,26,30H,7-12,16H2,1-6H3,(H,43,45)(H3,41,42,44)/t26-,30?/m0/s1. The van der Waals surface area contributed by atoms with Gasteiger partial charge in [-0.15, -0.1) is 0 Å². The van der Waals surface area contributed by atoms with Crippen LogP contribution in [0.25, 0.3) is 6.08 Å². The first kappa shape index (κ1) is 42.5. The van der Waals surface area contributed by atoms with Crippen molar-refractivity contribution < 1.29 is 54.9 Å². The van der Waals surface area contributed by atoms with Crippen molar-refractivity contribution in [1.82, 2.24) is 15.4 Å². The smallest absolute Gasteiger partial charge is 0.430 e. The summed E-state index contributed by atoms with van der Waals surface area (Å²) < 4.78 is 91.4. The van der Waals surface area contributed by atoms with E-state index >= 15 is 0 Å². The van der Waals surface area contributed by atoms with Crippen LogP contribution in [0.1, 0.15) is 74.3 Å². The number of unbranched alkanes of at least 4 members (excludes halogenated alkanes) is 1. The molecule has 2 aromatic carbocycles. The number of esters is 2. The molecule has 0 spiro atoms. The van der Waals surface area contributed by atoms with Gasteiger partial charge in [0.2, 0.25) is 24.8 Å². The number of carbonyl (C=O) groups excluding carboxylic acids is 3. The van der Waals surface area contributed by atoms with E-state index in [2.05, 4.69) is 15.4 Å². The zero-order valence-electron chi connectivity index (χ0n) is 30.3. The van der Waals surface area contributed by atoms with E-state index in [4.69, 9.17) is 47.6 Å². The van der Waals surface area contributed by atoms with Crippen molar-refractivity contribution in [3.05, 3.63) is 55.6 Å². The maximum absolute atomic E-state index is 13.8. The Morgan fingerprint density at radius 1 is 1.06 bits per heavy atom. The fourth-order valence-corrected chi connectivity index (χ4v) is 8.20. The van der Waals surface area contributed by atoms with E-state index in [1.807, 2.05) is 13.8 Å². The number of hydrogen-bond acceptors (Lipinski definition) is 10. The maximum atomic E-state index is 13.8. The van der Waals surface area contributed by atoms with Gasteiger partial charge in [0, 0.05) is 24.1 Å². The number of alkyl halides is 3. The molecule has 2 heterocycles. The van der Waals surface area contributed by atoms with Crippen LogP contribution in [0.2, 0.25) is 10.0 Å². The summed E-state index contributed by atoms with van der Waals surface area (Å²) in [5.74, 6) is -3.22. The van der Waals surface area contributed by atoms with Gasteiger partial charge in [0.15, 0.2) is 0 Å². The molecule has 2 aliphatic heterocycles. The number of nitrogens with one attached hydrogen (secondary N) is 4. The van der Waals surface area contributed by atoms with Gasteiger partial charge in [-0.3, -0.25) is 10.2 Å². The van der Waals surface area contributed by atoms with Crippen molar-refractivity contribution in [2.24, 2.45) is 0 Å². The molecule has 0 saturated carbocycles. The fraction of sp³-hybridized carbons (Fsp3) is 0.486. The first-order chi connectivity index (χ1) is 25.0. The quantitative estimate of drug-likeness (QED) is 0.0657. The average Bonchev–Trinajstić information content (AvgIpc) is 3.04. The molecule has 2 aliphatic rings. The Morgan fingerprint density at radius 3 is 2.39 bits per heavy atom. The number of sulfonamides is 1. The Kier molecular flexibility index (Phi) is 13.1. The number of benzene rings is 2. The van der Waals surface area contributed by atoms with Crippen molar-refractivity contribution >= 4 is 63.1 Å². The summed E-state index contributed by atoms with van der Waals surface area (Å²) in [5, 5.41) is 13.2. The molecule has 2 atom stereocenters. The Labute approximate surface area is 320 Å². The van der Waals surface area contributed by atoms with E-state index in [9.17, 15) is 36.0 Å². The molecule has 19 heteroatoms. The third-order valence-corrected chi connectivity index (χ3v) is 11.0. The lowest BCUT2D eigenvalue weighted by Gasteiger charge is -2.35. The third kappa shape index (κ3) is 10.1. The molecule has 0 bridgehead atoms. The van der Waals surface area contributed by atoms with E-state index < -0.39 is 64.5 Å². The van der Waals surface area contributed by atoms with Gasteiger partial charge in [-0.05, 0) is 107 Å². The summed E-state index contributed by atoms with van der Waals surface area (Å²) in [6.07, 6.45) is -4.94. The lowest BCUT2D eigenvalue weighted by Crippen LogP contribution is -2.42. The zero-order valence-corrected chi connectivity index (χ0v) is 32.6. The van der Waals surface area contributed by atoms with Gasteiger partial charge in [-0.2, -0.15) is 13.2 Å². The topological polar surface area (TPSA) is 182 Å². The van der Waals surface area contributed by atoms with Crippen LogP contribution in [-0.2, 0) is 40.3 Å². The first-order valence-electron chi connectivity index (χ1n) is 16.7. The zero-order chi connectivity index (χ0) is 40.3. The summed E-state index contributed by atoms with van der Waals surface area (Å²) in [6, 6.07) is 1.20. The lowest BCUT2D eigenvalue weighted by atomic mass is 9.88. The van der Waals surface area contributed by atoms with Crippen LogP contribution in [0.3, 0.4) is 0 Å². The molecule has 1 unspecified atom stereocenters. The fourth-order valence-electron chi connectivity index (χ4n) is 6.12. The van der Waals surface area contributed by atoms with Crippen molar-refractivity contribution in [1.29, 1.82) is 5.41 Å². The molecule has 54 heavy (non-hydrogen) atoms. The summed E-state index contributed by atoms with van der Waals surface area (Å²) in [6.45, 7) is 9.36. The Balaban J connectivity index is 1.29. The lowest BCUT2D eigenvalue weighted by molar-refractivity contribution is -0.190. The largest absolute Gasteiger partial charge is 0.487 e. The molecule has 0 radical (unpaired) electrons. The third-order valence-electron chi connectivity index (χ3n) is 8.85. The van der Waals surface area contributed by atoms with E-state index in [-0.39, 0.29) is 51.2 Å². The number of guanidine groups is 1. The molecule has 0 aliphatic carbocycles. The van der Waals surface area contributed by atoms with Crippen LogP contribution in [0.15, 0.2) is 22.6 Å². The normalized spacial score (nSPS) is 16.6. The predicted octanol–water partition coefficient (Wildman–Crippen LogP) is 5.95. The molecule has 296 valence electrons. The van der Waals surface area contributed by atoms with Crippen LogP contribution in [0.5, 0.6) is 11.5 Å². The highest BCUT2D eigenvalue weighted by molar-refractivity contribution is 7.90. The molecule has 4 rings (SSSR count). The number of amides is 1. The molecular formula is C35H41Cl2F3N4O9S. The molecular weight excluding hydrogens is 780 g/mol. The highest BCUT2D eigenvalue weighted by Crippen LogP contribution is 2.43. The SMILES string of the molecule is CC(=O)N[C@@H](CCCCNC(=N)NS(=O)(=O)c1c(C)c(C)c2c(c1C)CCC(C)(C)O2)C(=O)OCOC(=O)C1=Cc2cc(Cl)cc(Cl)c2OC1C(F)(F)F. The molecule has 1 amide bonds.